The van der Waals surface area contributed by atoms with Crippen molar-refractivity contribution >= 4 is 55.0 Å². The Morgan fingerprint density at radius 3 is 2.52 bits per heavy atom. The summed E-state index contributed by atoms with van der Waals surface area (Å²) in [5.41, 5.74) is 0.773. The average Bonchev–Trinajstić information content (AvgIpc) is 3.10. The summed E-state index contributed by atoms with van der Waals surface area (Å²) in [7, 11) is 0. The lowest BCUT2D eigenvalue weighted by Crippen LogP contribution is -2.28. The highest BCUT2D eigenvalue weighted by molar-refractivity contribution is 9.09. The topological polar surface area (TPSA) is 33.5 Å². The molecule has 3 nitrogen and oxygen atoms in total. The quantitative estimate of drug-likeness (QED) is 0.372. The molecule has 3 aromatic rings. The fourth-order valence-electron chi connectivity index (χ4n) is 3.69. The zero-order chi connectivity index (χ0) is 18.1. The first kappa shape index (κ1) is 20.8. The van der Waals surface area contributed by atoms with Crippen molar-refractivity contribution in [3.63, 3.8) is 0 Å². The van der Waals surface area contributed by atoms with Gasteiger partial charge in [0.05, 0.1) is 10.2 Å². The summed E-state index contributed by atoms with van der Waals surface area (Å²) in [6, 6.07) is 12.1. The molecular weight excluding hydrogens is 490 g/mol. The van der Waals surface area contributed by atoms with E-state index in [2.05, 4.69) is 33.0 Å². The number of thiophene rings is 1. The van der Waals surface area contributed by atoms with Gasteiger partial charge in [0.25, 0.3) is 0 Å². The summed E-state index contributed by atoms with van der Waals surface area (Å²) in [4.78, 5) is 17.4. The summed E-state index contributed by atoms with van der Waals surface area (Å²) in [5, 5.41) is 1.61. The Labute approximate surface area is 182 Å². The maximum atomic E-state index is 12.4. The van der Waals surface area contributed by atoms with E-state index in [4.69, 9.17) is 4.42 Å². The number of rotatable bonds is 4. The lowest BCUT2D eigenvalue weighted by atomic mass is 10.0. The first-order chi connectivity index (χ1) is 12.6. The number of piperidine rings is 1. The van der Waals surface area contributed by atoms with E-state index in [0.717, 1.165) is 17.5 Å². The van der Waals surface area contributed by atoms with E-state index in [9.17, 15) is 4.79 Å². The van der Waals surface area contributed by atoms with Crippen LogP contribution in [-0.4, -0.2) is 18.0 Å². The zero-order valence-electron chi connectivity index (χ0n) is 15.2. The maximum absolute atomic E-state index is 12.4. The maximum Gasteiger partial charge on any atom is 0.343 e. The SMILES string of the molecule is Br.CC(Br)c1oc(=O)c2ccccc2c1-c1ccc(CN2CCCCC2)s1. The Bertz CT molecular complexity index is 974. The van der Waals surface area contributed by atoms with Gasteiger partial charge in [0, 0.05) is 27.2 Å². The number of alkyl halides is 1. The zero-order valence-corrected chi connectivity index (χ0v) is 19.4. The van der Waals surface area contributed by atoms with Gasteiger partial charge in [-0.05, 0) is 51.1 Å². The van der Waals surface area contributed by atoms with Crippen LogP contribution in [0, 0.1) is 0 Å². The van der Waals surface area contributed by atoms with Crippen molar-refractivity contribution in [3.8, 4) is 10.4 Å². The van der Waals surface area contributed by atoms with Gasteiger partial charge in [-0.25, -0.2) is 4.79 Å². The summed E-state index contributed by atoms with van der Waals surface area (Å²) in [6.07, 6.45) is 3.96. The van der Waals surface area contributed by atoms with Crippen LogP contribution in [-0.2, 0) is 6.54 Å². The average molecular weight is 513 g/mol. The monoisotopic (exact) mass is 511 g/mol. The molecule has 1 fully saturated rings. The van der Waals surface area contributed by atoms with Crippen LogP contribution in [0.25, 0.3) is 21.2 Å². The van der Waals surface area contributed by atoms with E-state index in [1.165, 1.54) is 42.1 Å². The van der Waals surface area contributed by atoms with Crippen molar-refractivity contribution in [2.75, 3.05) is 13.1 Å². The number of hydrogen-bond acceptors (Lipinski definition) is 4. The molecule has 6 heteroatoms. The number of nitrogens with zero attached hydrogens (tertiary/aromatic N) is 1. The first-order valence-electron chi connectivity index (χ1n) is 9.15. The lowest BCUT2D eigenvalue weighted by Gasteiger charge is -2.25. The van der Waals surface area contributed by atoms with E-state index in [0.29, 0.717) is 11.1 Å². The van der Waals surface area contributed by atoms with E-state index in [1.54, 1.807) is 0 Å². The van der Waals surface area contributed by atoms with Gasteiger partial charge in [-0.2, -0.15) is 0 Å². The van der Waals surface area contributed by atoms with Crippen molar-refractivity contribution in [1.82, 2.24) is 4.90 Å². The molecule has 3 heterocycles. The lowest BCUT2D eigenvalue weighted by molar-refractivity contribution is 0.222. The summed E-state index contributed by atoms with van der Waals surface area (Å²) >= 11 is 5.41. The summed E-state index contributed by atoms with van der Waals surface area (Å²) < 4.78 is 5.69. The van der Waals surface area contributed by atoms with Crippen LogP contribution in [0.1, 0.15) is 41.7 Å². The predicted octanol–water partition coefficient (Wildman–Crippen LogP) is 6.54. The normalized spacial score (nSPS) is 16.2. The Hall–Kier alpha value is -0.950. The fraction of sp³-hybridized carbons (Fsp3) is 0.381. The van der Waals surface area contributed by atoms with E-state index >= 15 is 0 Å². The molecule has 1 atom stereocenters. The molecule has 0 saturated carbocycles. The Balaban J connectivity index is 0.00000210. The summed E-state index contributed by atoms with van der Waals surface area (Å²) in [5.74, 6) is 0.708. The van der Waals surface area contributed by atoms with Gasteiger partial charge in [-0.3, -0.25) is 4.90 Å². The molecule has 0 N–H and O–H groups in total. The standard InChI is InChI=1S/C21H22BrNO2S.BrH/c1-14(22)20-19(16-7-3-4-8-17(16)21(24)25-20)18-10-9-15(26-18)13-23-11-5-2-6-12-23;/h3-4,7-10,14H,2,5-6,11-13H2,1H3;1H. The minimum atomic E-state index is -0.268. The van der Waals surface area contributed by atoms with Crippen LogP contribution in [0.4, 0.5) is 0 Å². The van der Waals surface area contributed by atoms with Crippen molar-refractivity contribution in [2.45, 2.75) is 37.6 Å². The second kappa shape index (κ2) is 9.03. The van der Waals surface area contributed by atoms with Crippen molar-refractivity contribution in [2.24, 2.45) is 0 Å². The largest absolute Gasteiger partial charge is 0.426 e. The van der Waals surface area contributed by atoms with Crippen LogP contribution in [0.5, 0.6) is 0 Å². The van der Waals surface area contributed by atoms with Gasteiger partial charge in [-0.1, -0.05) is 40.5 Å². The third-order valence-corrected chi connectivity index (χ3v) is 6.47. The second-order valence-electron chi connectivity index (χ2n) is 6.89. The second-order valence-corrected chi connectivity index (χ2v) is 9.43. The highest BCUT2D eigenvalue weighted by Gasteiger charge is 2.20. The van der Waals surface area contributed by atoms with Crippen LogP contribution in [0.3, 0.4) is 0 Å². The van der Waals surface area contributed by atoms with Gasteiger partial charge in [0.2, 0.25) is 0 Å². The molecule has 0 radical (unpaired) electrons. The number of fused-ring (bicyclic) bond motifs is 1. The summed E-state index contributed by atoms with van der Waals surface area (Å²) in [6.45, 7) is 5.40. The molecule has 1 aliphatic heterocycles. The minimum absolute atomic E-state index is 0. The molecular formula is C21H23Br2NO2S. The first-order valence-corrected chi connectivity index (χ1v) is 10.9. The number of benzene rings is 1. The molecule has 1 aliphatic rings. The molecule has 1 unspecified atom stereocenters. The van der Waals surface area contributed by atoms with Crippen molar-refractivity contribution in [3.05, 3.63) is 57.5 Å². The third-order valence-electron chi connectivity index (χ3n) is 4.96. The molecule has 27 heavy (non-hydrogen) atoms. The molecule has 0 amide bonds. The molecule has 2 aromatic heterocycles. The molecule has 0 bridgehead atoms. The Morgan fingerprint density at radius 2 is 1.81 bits per heavy atom. The van der Waals surface area contributed by atoms with E-state index in [-0.39, 0.29) is 27.4 Å². The smallest absolute Gasteiger partial charge is 0.343 e. The number of hydrogen-bond donors (Lipinski definition) is 0. The third kappa shape index (κ3) is 4.39. The number of halogens is 2. The highest BCUT2D eigenvalue weighted by atomic mass is 79.9. The van der Waals surface area contributed by atoms with Gasteiger partial charge in [0.15, 0.2) is 0 Å². The van der Waals surface area contributed by atoms with Crippen LogP contribution in [0.15, 0.2) is 45.6 Å². The minimum Gasteiger partial charge on any atom is -0.426 e. The van der Waals surface area contributed by atoms with Gasteiger partial charge >= 0.3 is 5.63 Å². The predicted molar refractivity (Wildman–Crippen MR) is 123 cm³/mol. The van der Waals surface area contributed by atoms with Gasteiger partial charge in [0.1, 0.15) is 5.76 Å². The molecule has 1 aromatic carbocycles. The molecule has 0 aliphatic carbocycles. The van der Waals surface area contributed by atoms with Crippen LogP contribution in [0.2, 0.25) is 0 Å². The van der Waals surface area contributed by atoms with Gasteiger partial charge in [-0.15, -0.1) is 28.3 Å². The molecule has 0 spiro atoms. The van der Waals surface area contributed by atoms with E-state index in [1.807, 2.05) is 42.5 Å². The Morgan fingerprint density at radius 1 is 1.11 bits per heavy atom. The number of likely N-dealkylation sites (tertiary alicyclic amines) is 1. The molecule has 4 rings (SSSR count). The highest BCUT2D eigenvalue weighted by Crippen LogP contribution is 2.40. The van der Waals surface area contributed by atoms with Crippen LogP contribution < -0.4 is 5.63 Å². The molecule has 1 saturated heterocycles. The van der Waals surface area contributed by atoms with Crippen molar-refractivity contribution < 1.29 is 4.42 Å². The van der Waals surface area contributed by atoms with Crippen molar-refractivity contribution in [1.29, 1.82) is 0 Å². The van der Waals surface area contributed by atoms with Gasteiger partial charge < -0.3 is 4.42 Å². The Kier molecular flexibility index (Phi) is 6.95. The van der Waals surface area contributed by atoms with Crippen LogP contribution >= 0.6 is 44.2 Å². The van der Waals surface area contributed by atoms with E-state index < -0.39 is 0 Å². The fourth-order valence-corrected chi connectivity index (χ4v) is 5.12. The molecule has 144 valence electrons.